The largest absolute Gasteiger partial charge is 0.0649 e. The Morgan fingerprint density at radius 1 is 0.708 bits per heavy atom. The van der Waals surface area contributed by atoms with Crippen molar-refractivity contribution >= 4 is 0 Å². The minimum atomic E-state index is 0.143. The summed E-state index contributed by atoms with van der Waals surface area (Å²) in [5.41, 5.74) is 5.41. The molecule has 138 valence electrons. The fourth-order valence-electron chi connectivity index (χ4n) is 3.62. The Hall–Kier alpha value is -0.780. The fraction of sp³-hybridized carbons (Fsp3) is 0.750. The molecule has 0 saturated carbocycles. The molecule has 0 aliphatic rings. The SMILES string of the molecule is CCc1cc(C(C)(C)C)cc(C(C)(C)C(C)(C)CC(C)(C)CC)c1. The number of rotatable bonds is 6. The molecule has 0 heterocycles. The number of hydrogen-bond donors (Lipinski definition) is 0. The molecule has 0 fully saturated rings. The Kier molecular flexibility index (Phi) is 6.07. The highest BCUT2D eigenvalue weighted by Crippen LogP contribution is 2.49. The zero-order valence-electron chi connectivity index (χ0n) is 18.4. The summed E-state index contributed by atoms with van der Waals surface area (Å²) in [5, 5.41) is 0. The third-order valence-corrected chi connectivity index (χ3v) is 6.56. The van der Waals surface area contributed by atoms with Gasteiger partial charge in [-0.05, 0) is 51.2 Å². The maximum atomic E-state index is 2.47. The van der Waals surface area contributed by atoms with Crippen molar-refractivity contribution in [2.75, 3.05) is 0 Å². The first-order valence-electron chi connectivity index (χ1n) is 9.81. The molecule has 0 amide bonds. The normalized spacial score (nSPS) is 14.1. The van der Waals surface area contributed by atoms with Crippen LogP contribution in [-0.2, 0) is 17.3 Å². The van der Waals surface area contributed by atoms with Crippen LogP contribution in [0.25, 0.3) is 0 Å². The molecule has 1 aromatic rings. The van der Waals surface area contributed by atoms with Crippen LogP contribution in [0.4, 0.5) is 0 Å². The summed E-state index contributed by atoms with van der Waals surface area (Å²) >= 11 is 0. The number of aryl methyl sites for hydroxylation is 1. The maximum Gasteiger partial charge on any atom is -0.00520 e. The maximum absolute atomic E-state index is 2.47. The van der Waals surface area contributed by atoms with Crippen molar-refractivity contribution in [3.63, 3.8) is 0 Å². The lowest BCUT2D eigenvalue weighted by atomic mass is 9.58. The van der Waals surface area contributed by atoms with Gasteiger partial charge in [0.05, 0.1) is 0 Å². The monoisotopic (exact) mass is 330 g/mol. The fourth-order valence-corrected chi connectivity index (χ4v) is 3.62. The Bertz CT molecular complexity index is 550. The van der Waals surface area contributed by atoms with Crippen molar-refractivity contribution < 1.29 is 0 Å². The van der Waals surface area contributed by atoms with Crippen molar-refractivity contribution in [3.05, 3.63) is 34.9 Å². The standard InChI is InChI=1S/C24H42/c1-12-18-14-19(21(3,4)5)16-20(15-18)24(10,11)23(8,9)17-22(6,7)13-2/h14-16H,12-13,17H2,1-11H3. The van der Waals surface area contributed by atoms with Gasteiger partial charge in [0, 0.05) is 0 Å². The minimum Gasteiger partial charge on any atom is -0.0649 e. The van der Waals surface area contributed by atoms with E-state index in [1.165, 1.54) is 29.5 Å². The van der Waals surface area contributed by atoms with Gasteiger partial charge < -0.3 is 0 Å². The Morgan fingerprint density at radius 2 is 1.21 bits per heavy atom. The van der Waals surface area contributed by atoms with Crippen LogP contribution in [0, 0.1) is 10.8 Å². The van der Waals surface area contributed by atoms with E-state index in [0.29, 0.717) is 5.41 Å². The van der Waals surface area contributed by atoms with Crippen LogP contribution in [0.3, 0.4) is 0 Å². The topological polar surface area (TPSA) is 0 Å². The van der Waals surface area contributed by atoms with E-state index in [2.05, 4.69) is 94.4 Å². The molecule has 0 N–H and O–H groups in total. The molecule has 24 heavy (non-hydrogen) atoms. The summed E-state index contributed by atoms with van der Waals surface area (Å²) in [6.45, 7) is 26.2. The van der Waals surface area contributed by atoms with E-state index in [1.807, 2.05) is 0 Å². The first-order valence-corrected chi connectivity index (χ1v) is 9.81. The van der Waals surface area contributed by atoms with Crippen molar-refractivity contribution in [3.8, 4) is 0 Å². The lowest BCUT2D eigenvalue weighted by molar-refractivity contribution is 0.107. The zero-order valence-corrected chi connectivity index (χ0v) is 18.4. The van der Waals surface area contributed by atoms with Crippen LogP contribution >= 0.6 is 0 Å². The molecule has 0 nitrogen and oxygen atoms in total. The summed E-state index contributed by atoms with van der Waals surface area (Å²) in [4.78, 5) is 0. The molecule has 0 heteroatoms. The molecule has 0 aliphatic carbocycles. The molecule has 0 atom stereocenters. The van der Waals surface area contributed by atoms with Crippen molar-refractivity contribution in [1.29, 1.82) is 0 Å². The van der Waals surface area contributed by atoms with E-state index in [1.54, 1.807) is 0 Å². The Labute approximate surface area is 152 Å². The van der Waals surface area contributed by atoms with E-state index >= 15 is 0 Å². The summed E-state index contributed by atoms with van der Waals surface area (Å²) in [7, 11) is 0. The van der Waals surface area contributed by atoms with Gasteiger partial charge in [-0.2, -0.15) is 0 Å². The van der Waals surface area contributed by atoms with Crippen molar-refractivity contribution in [2.45, 2.75) is 106 Å². The van der Waals surface area contributed by atoms with Crippen molar-refractivity contribution in [1.82, 2.24) is 0 Å². The molecule has 0 spiro atoms. The summed E-state index contributed by atoms with van der Waals surface area (Å²) in [6, 6.07) is 7.33. The summed E-state index contributed by atoms with van der Waals surface area (Å²) in [5.74, 6) is 0. The second kappa shape index (κ2) is 6.85. The van der Waals surface area contributed by atoms with E-state index in [9.17, 15) is 0 Å². The van der Waals surface area contributed by atoms with E-state index in [4.69, 9.17) is 0 Å². The average molecular weight is 331 g/mol. The first-order chi connectivity index (χ1) is 10.7. The van der Waals surface area contributed by atoms with Gasteiger partial charge >= 0.3 is 0 Å². The van der Waals surface area contributed by atoms with E-state index in [0.717, 1.165) is 6.42 Å². The van der Waals surface area contributed by atoms with Crippen LogP contribution in [0.15, 0.2) is 18.2 Å². The number of benzene rings is 1. The molecule has 1 rings (SSSR count). The van der Waals surface area contributed by atoms with Crippen molar-refractivity contribution in [2.24, 2.45) is 10.8 Å². The van der Waals surface area contributed by atoms with Gasteiger partial charge in [-0.25, -0.2) is 0 Å². The van der Waals surface area contributed by atoms with E-state index in [-0.39, 0.29) is 16.2 Å². The van der Waals surface area contributed by atoms with Gasteiger partial charge in [-0.1, -0.05) is 101 Å². The smallest absolute Gasteiger partial charge is 0.00520 e. The molecular weight excluding hydrogens is 288 g/mol. The molecular formula is C24H42. The molecule has 0 aliphatic heterocycles. The Morgan fingerprint density at radius 3 is 1.62 bits per heavy atom. The predicted molar refractivity (Wildman–Crippen MR) is 110 cm³/mol. The molecule has 0 unspecified atom stereocenters. The van der Waals surface area contributed by atoms with Crippen LogP contribution in [0.5, 0.6) is 0 Å². The number of hydrogen-bond acceptors (Lipinski definition) is 0. The third-order valence-electron chi connectivity index (χ3n) is 6.56. The summed E-state index contributed by atoms with van der Waals surface area (Å²) in [6.07, 6.45) is 3.58. The van der Waals surface area contributed by atoms with Gasteiger partial charge in [0.1, 0.15) is 0 Å². The highest BCUT2D eigenvalue weighted by atomic mass is 14.5. The second-order valence-corrected chi connectivity index (χ2v) is 10.7. The molecule has 0 radical (unpaired) electrons. The molecule has 1 aromatic carbocycles. The van der Waals surface area contributed by atoms with E-state index < -0.39 is 0 Å². The molecule has 0 aromatic heterocycles. The van der Waals surface area contributed by atoms with Gasteiger partial charge in [0.15, 0.2) is 0 Å². The van der Waals surface area contributed by atoms with Crippen LogP contribution in [0.2, 0.25) is 0 Å². The van der Waals surface area contributed by atoms with Gasteiger partial charge in [0.2, 0.25) is 0 Å². The quantitative estimate of drug-likeness (QED) is 0.502. The lowest BCUT2D eigenvalue weighted by Gasteiger charge is -2.47. The molecule has 0 bridgehead atoms. The highest BCUT2D eigenvalue weighted by molar-refractivity contribution is 5.38. The Balaban J connectivity index is 3.41. The van der Waals surface area contributed by atoms with Crippen LogP contribution in [0.1, 0.15) is 106 Å². The van der Waals surface area contributed by atoms with Crippen LogP contribution in [-0.4, -0.2) is 0 Å². The zero-order chi connectivity index (χ0) is 19.0. The predicted octanol–water partition coefficient (Wildman–Crippen LogP) is 7.68. The highest BCUT2D eigenvalue weighted by Gasteiger charge is 2.41. The van der Waals surface area contributed by atoms with Gasteiger partial charge in [0.25, 0.3) is 0 Å². The second-order valence-electron chi connectivity index (χ2n) is 10.7. The lowest BCUT2D eigenvalue weighted by Crippen LogP contribution is -2.40. The third kappa shape index (κ3) is 4.64. The minimum absolute atomic E-state index is 0.143. The molecule has 0 saturated heterocycles. The van der Waals surface area contributed by atoms with Gasteiger partial charge in [-0.3, -0.25) is 0 Å². The first kappa shape index (κ1) is 21.3. The van der Waals surface area contributed by atoms with Crippen LogP contribution < -0.4 is 0 Å². The van der Waals surface area contributed by atoms with Gasteiger partial charge in [-0.15, -0.1) is 0 Å². The average Bonchev–Trinajstić information content (AvgIpc) is 2.44. The summed E-state index contributed by atoms with van der Waals surface area (Å²) < 4.78 is 0.